The Kier molecular flexibility index (Phi) is 6.35. The zero-order chi connectivity index (χ0) is 21.0. The molecule has 1 heterocycles. The Balaban J connectivity index is 1.76. The summed E-state index contributed by atoms with van der Waals surface area (Å²) >= 11 is 0. The number of benzene rings is 3. The molecule has 0 spiro atoms. The van der Waals surface area contributed by atoms with Crippen molar-refractivity contribution in [2.75, 3.05) is 6.61 Å². The number of rotatable bonds is 6. The van der Waals surface area contributed by atoms with Crippen molar-refractivity contribution in [2.45, 2.75) is 38.9 Å². The van der Waals surface area contributed by atoms with Crippen LogP contribution in [-0.2, 0) is 4.74 Å². The number of hydrogen-bond acceptors (Lipinski definition) is 2. The van der Waals surface area contributed by atoms with E-state index in [0.717, 1.165) is 12.3 Å². The van der Waals surface area contributed by atoms with Gasteiger partial charge in [-0.05, 0) is 29.5 Å². The van der Waals surface area contributed by atoms with E-state index in [2.05, 4.69) is 112 Å². The van der Waals surface area contributed by atoms with Gasteiger partial charge in [-0.15, -0.1) is 0 Å². The second kappa shape index (κ2) is 9.14. The van der Waals surface area contributed by atoms with Crippen molar-refractivity contribution in [3.05, 3.63) is 96.6 Å². The van der Waals surface area contributed by atoms with E-state index in [1.165, 1.54) is 16.2 Å². The van der Waals surface area contributed by atoms with Crippen LogP contribution in [-0.4, -0.2) is 18.5 Å². The molecule has 3 heteroatoms. The van der Waals surface area contributed by atoms with Gasteiger partial charge in [0.2, 0.25) is 0 Å². The van der Waals surface area contributed by atoms with Crippen molar-refractivity contribution in [2.24, 2.45) is 10.4 Å². The summed E-state index contributed by atoms with van der Waals surface area (Å²) in [4.78, 5) is 5.00. The van der Waals surface area contributed by atoms with E-state index >= 15 is 0 Å². The lowest BCUT2D eigenvalue weighted by Gasteiger charge is -2.29. The summed E-state index contributed by atoms with van der Waals surface area (Å²) in [5.74, 6) is 0.906. The molecule has 4 rings (SSSR count). The molecule has 1 aliphatic heterocycles. The predicted octanol–water partition coefficient (Wildman–Crippen LogP) is 6.09. The minimum Gasteiger partial charge on any atom is -0.479 e. The topological polar surface area (TPSA) is 21.6 Å². The van der Waals surface area contributed by atoms with Crippen LogP contribution in [0.15, 0.2) is 96.0 Å². The third kappa shape index (κ3) is 4.82. The maximum atomic E-state index is 6.13. The van der Waals surface area contributed by atoms with Gasteiger partial charge in [0.25, 0.3) is 0 Å². The summed E-state index contributed by atoms with van der Waals surface area (Å²) in [6.45, 7) is 7.41. The minimum absolute atomic E-state index is 0.119. The number of aliphatic imine (C=N–C) groups is 1. The van der Waals surface area contributed by atoms with Gasteiger partial charge < -0.3 is 4.74 Å². The molecule has 0 unspecified atom stereocenters. The molecule has 0 radical (unpaired) electrons. The van der Waals surface area contributed by atoms with Crippen LogP contribution in [0.2, 0.25) is 0 Å². The summed E-state index contributed by atoms with van der Waals surface area (Å²) in [6.07, 6.45) is 0.825. The van der Waals surface area contributed by atoms with Gasteiger partial charge in [0.1, 0.15) is 6.61 Å². The fourth-order valence-electron chi connectivity index (χ4n) is 3.86. The molecule has 0 fully saturated rings. The van der Waals surface area contributed by atoms with E-state index < -0.39 is 7.92 Å². The highest BCUT2D eigenvalue weighted by Gasteiger charge is 2.33. The fourth-order valence-corrected chi connectivity index (χ4v) is 6.68. The number of hydrogen-bond donors (Lipinski definition) is 0. The molecular weight excluding hydrogens is 385 g/mol. The van der Waals surface area contributed by atoms with Crippen LogP contribution in [0.5, 0.6) is 0 Å². The first-order chi connectivity index (χ1) is 14.5. The highest BCUT2D eigenvalue weighted by molar-refractivity contribution is 7.73. The largest absolute Gasteiger partial charge is 0.479 e. The Morgan fingerprint density at radius 3 is 1.80 bits per heavy atom. The second-order valence-electron chi connectivity index (χ2n) is 8.89. The van der Waals surface area contributed by atoms with E-state index in [1.54, 1.807) is 0 Å². The summed E-state index contributed by atoms with van der Waals surface area (Å²) in [5, 5.41) is 2.78. The van der Waals surface area contributed by atoms with Gasteiger partial charge in [0, 0.05) is 12.1 Å². The molecule has 3 aromatic rings. The van der Waals surface area contributed by atoms with Gasteiger partial charge in [-0.2, -0.15) is 0 Å². The molecule has 30 heavy (non-hydrogen) atoms. The third-order valence-corrected chi connectivity index (χ3v) is 8.45. The highest BCUT2D eigenvalue weighted by Crippen LogP contribution is 2.52. The van der Waals surface area contributed by atoms with Crippen molar-refractivity contribution in [1.29, 1.82) is 0 Å². The van der Waals surface area contributed by atoms with Gasteiger partial charge in [0.15, 0.2) is 5.90 Å². The SMILES string of the molecule is CC(C)(C)[C@H]1COC(C[C@@H](c2ccccc2)P(c2ccccc2)c2ccccc2)=N1. The third-order valence-electron chi connectivity index (χ3n) is 5.64. The van der Waals surface area contributed by atoms with Gasteiger partial charge in [-0.3, -0.25) is 0 Å². The first-order valence-electron chi connectivity index (χ1n) is 10.7. The van der Waals surface area contributed by atoms with Crippen LogP contribution >= 0.6 is 7.92 Å². The molecule has 0 bridgehead atoms. The van der Waals surface area contributed by atoms with Crippen LogP contribution < -0.4 is 10.6 Å². The summed E-state index contributed by atoms with van der Waals surface area (Å²) < 4.78 is 6.13. The van der Waals surface area contributed by atoms with Crippen molar-refractivity contribution in [3.63, 3.8) is 0 Å². The number of nitrogens with zero attached hydrogens (tertiary/aromatic N) is 1. The quantitative estimate of drug-likeness (QED) is 0.446. The van der Waals surface area contributed by atoms with E-state index in [9.17, 15) is 0 Å². The smallest absolute Gasteiger partial charge is 0.184 e. The molecule has 0 N–H and O–H groups in total. The lowest BCUT2D eigenvalue weighted by atomic mass is 9.88. The molecule has 2 atom stereocenters. The van der Waals surface area contributed by atoms with Gasteiger partial charge in [-0.25, -0.2) is 4.99 Å². The molecule has 0 aromatic heterocycles. The Morgan fingerprint density at radius 2 is 1.33 bits per heavy atom. The van der Waals surface area contributed by atoms with E-state index in [0.29, 0.717) is 12.3 Å². The molecule has 3 aromatic carbocycles. The molecule has 1 aliphatic rings. The molecular formula is C27H30NOP. The zero-order valence-corrected chi connectivity index (χ0v) is 18.9. The van der Waals surface area contributed by atoms with E-state index in [-0.39, 0.29) is 11.5 Å². The van der Waals surface area contributed by atoms with Crippen molar-refractivity contribution in [3.8, 4) is 0 Å². The first-order valence-corrected chi connectivity index (χ1v) is 12.1. The van der Waals surface area contributed by atoms with Crippen LogP contribution in [0, 0.1) is 5.41 Å². The maximum absolute atomic E-state index is 6.13. The van der Waals surface area contributed by atoms with E-state index in [1.807, 2.05) is 0 Å². The van der Waals surface area contributed by atoms with Crippen molar-refractivity contribution >= 4 is 24.4 Å². The Bertz CT molecular complexity index is 925. The second-order valence-corrected chi connectivity index (χ2v) is 11.3. The van der Waals surface area contributed by atoms with Gasteiger partial charge >= 0.3 is 0 Å². The standard InChI is InChI=1S/C27H30NOP/c1-27(2,3)25-20-29-26(28-25)19-24(21-13-7-4-8-14-21)30(22-15-9-5-10-16-22)23-17-11-6-12-18-23/h4-18,24-25H,19-20H2,1-3H3/t24-,25+/m0/s1. The molecule has 0 amide bonds. The molecule has 154 valence electrons. The van der Waals surface area contributed by atoms with Gasteiger partial charge in [-0.1, -0.05) is 112 Å². The Labute approximate surface area is 181 Å². The average Bonchev–Trinajstić information content (AvgIpc) is 3.25. The van der Waals surface area contributed by atoms with E-state index in [4.69, 9.17) is 9.73 Å². The Hall–Kier alpha value is -2.44. The monoisotopic (exact) mass is 415 g/mol. The fraction of sp³-hybridized carbons (Fsp3) is 0.296. The average molecular weight is 416 g/mol. The van der Waals surface area contributed by atoms with Crippen LogP contribution in [0.4, 0.5) is 0 Å². The van der Waals surface area contributed by atoms with Crippen molar-refractivity contribution in [1.82, 2.24) is 0 Å². The molecule has 0 saturated carbocycles. The highest BCUT2D eigenvalue weighted by atomic mass is 31.1. The maximum Gasteiger partial charge on any atom is 0.184 e. The summed E-state index contributed by atoms with van der Waals surface area (Å²) in [7, 11) is -0.610. The summed E-state index contributed by atoms with van der Waals surface area (Å²) in [5.41, 5.74) is 1.78. The molecule has 2 nitrogen and oxygen atoms in total. The lowest BCUT2D eigenvalue weighted by molar-refractivity contribution is 0.233. The number of ether oxygens (including phenoxy) is 1. The lowest BCUT2D eigenvalue weighted by Crippen LogP contribution is -2.25. The van der Waals surface area contributed by atoms with Crippen LogP contribution in [0.3, 0.4) is 0 Å². The van der Waals surface area contributed by atoms with Crippen LogP contribution in [0.25, 0.3) is 0 Å². The van der Waals surface area contributed by atoms with Crippen LogP contribution in [0.1, 0.15) is 38.4 Å². The predicted molar refractivity (Wildman–Crippen MR) is 130 cm³/mol. The zero-order valence-electron chi connectivity index (χ0n) is 18.0. The minimum atomic E-state index is -0.610. The summed E-state index contributed by atoms with van der Waals surface area (Å²) in [6, 6.07) is 33.0. The molecule has 0 saturated heterocycles. The Morgan fingerprint density at radius 1 is 0.833 bits per heavy atom. The van der Waals surface area contributed by atoms with Gasteiger partial charge in [0.05, 0.1) is 6.04 Å². The first kappa shape index (κ1) is 20.8. The molecule has 0 aliphatic carbocycles. The van der Waals surface area contributed by atoms with Crippen molar-refractivity contribution < 1.29 is 4.74 Å². The normalized spacial score (nSPS) is 17.5.